The minimum Gasteiger partial charge on any atom is -0.444 e. The van der Waals surface area contributed by atoms with Crippen molar-refractivity contribution in [2.45, 2.75) is 30.4 Å². The van der Waals surface area contributed by atoms with Gasteiger partial charge in [-0.2, -0.15) is 4.31 Å². The Morgan fingerprint density at radius 1 is 1.14 bits per heavy atom. The summed E-state index contributed by atoms with van der Waals surface area (Å²) in [4.78, 5) is 14.0. The van der Waals surface area contributed by atoms with E-state index in [0.717, 1.165) is 23.4 Å². The fourth-order valence-electron chi connectivity index (χ4n) is 3.72. The minimum absolute atomic E-state index is 0.0229. The molecule has 10 heteroatoms. The zero-order valence-corrected chi connectivity index (χ0v) is 18.3. The molecule has 2 aromatic carbocycles. The van der Waals surface area contributed by atoms with E-state index in [2.05, 4.69) is 15.9 Å². The van der Waals surface area contributed by atoms with Crippen LogP contribution >= 0.6 is 27.5 Å². The van der Waals surface area contributed by atoms with Crippen LogP contribution in [0.15, 0.2) is 45.8 Å². The average Bonchev–Trinajstić information content (AvgIpc) is 2.68. The Hall–Kier alpha value is -1.68. The van der Waals surface area contributed by atoms with Crippen molar-refractivity contribution >= 4 is 49.3 Å². The number of hydrogen-bond acceptors (Lipinski definition) is 4. The topological polar surface area (TPSA) is 66.9 Å². The van der Waals surface area contributed by atoms with Crippen LogP contribution in [-0.4, -0.2) is 37.9 Å². The molecule has 1 amide bonds. The summed E-state index contributed by atoms with van der Waals surface area (Å²) >= 11 is 9.17. The van der Waals surface area contributed by atoms with Crippen LogP contribution in [0.3, 0.4) is 0 Å². The van der Waals surface area contributed by atoms with Crippen LogP contribution in [-0.2, 0) is 21.4 Å². The first-order valence-electron chi connectivity index (χ1n) is 8.97. The van der Waals surface area contributed by atoms with Crippen molar-refractivity contribution in [2.24, 2.45) is 0 Å². The molecule has 0 radical (unpaired) electrons. The molecule has 0 saturated carbocycles. The number of carbonyl (C=O) groups is 1. The molecular weight excluding hydrogens is 487 g/mol. The summed E-state index contributed by atoms with van der Waals surface area (Å²) in [6.07, 6.45) is 0.465. The third-order valence-electron chi connectivity index (χ3n) is 5.15. The molecule has 4 rings (SSSR count). The number of halogens is 3. The number of fused-ring (bicyclic) bond motifs is 1. The number of ether oxygens (including phenoxy) is 1. The Kier molecular flexibility index (Phi) is 5.58. The van der Waals surface area contributed by atoms with Gasteiger partial charge in [0.2, 0.25) is 10.0 Å². The standard InChI is InChI=1S/C19H17BrClFN2O4S/c20-16-10-14(22)2-4-18(16)29(26,27)23-7-5-15(6-8-23)24-17-3-1-13(21)9-12(17)11-28-19(24)25/h1-4,9-10,15H,5-8,11H2. The largest absolute Gasteiger partial charge is 0.444 e. The lowest BCUT2D eigenvalue weighted by atomic mass is 10.0. The molecule has 2 aliphatic rings. The normalized spacial score (nSPS) is 18.4. The van der Waals surface area contributed by atoms with E-state index in [9.17, 15) is 17.6 Å². The number of benzene rings is 2. The molecule has 0 bridgehead atoms. The van der Waals surface area contributed by atoms with Gasteiger partial charge in [-0.1, -0.05) is 11.6 Å². The zero-order chi connectivity index (χ0) is 20.8. The van der Waals surface area contributed by atoms with Gasteiger partial charge >= 0.3 is 6.09 Å². The highest BCUT2D eigenvalue weighted by Gasteiger charge is 2.37. The first-order chi connectivity index (χ1) is 13.8. The lowest BCUT2D eigenvalue weighted by Crippen LogP contribution is -2.50. The van der Waals surface area contributed by atoms with Gasteiger partial charge in [-0.3, -0.25) is 4.90 Å². The first kappa shape index (κ1) is 20.6. The van der Waals surface area contributed by atoms with E-state index in [1.165, 1.54) is 10.4 Å². The van der Waals surface area contributed by atoms with E-state index in [4.69, 9.17) is 16.3 Å². The van der Waals surface area contributed by atoms with Gasteiger partial charge in [-0.05, 0) is 65.2 Å². The molecule has 0 aromatic heterocycles. The SMILES string of the molecule is O=C1OCc2cc(Cl)ccc2N1C1CCN(S(=O)(=O)c2ccc(F)cc2Br)CC1. The molecule has 0 unspecified atom stereocenters. The monoisotopic (exact) mass is 502 g/mol. The van der Waals surface area contributed by atoms with E-state index in [1.54, 1.807) is 23.1 Å². The Balaban J connectivity index is 1.53. The molecule has 2 aliphatic heterocycles. The number of piperidine rings is 1. The summed E-state index contributed by atoms with van der Waals surface area (Å²) in [5.41, 5.74) is 1.57. The number of nitrogens with zero attached hydrogens (tertiary/aromatic N) is 2. The van der Waals surface area contributed by atoms with E-state index < -0.39 is 21.9 Å². The van der Waals surface area contributed by atoms with Crippen LogP contribution in [0.5, 0.6) is 0 Å². The summed E-state index contributed by atoms with van der Waals surface area (Å²) in [6, 6.07) is 8.59. The van der Waals surface area contributed by atoms with Gasteiger partial charge in [0, 0.05) is 34.2 Å². The van der Waals surface area contributed by atoms with Crippen molar-refractivity contribution in [1.82, 2.24) is 4.31 Å². The second kappa shape index (κ2) is 7.86. The average molecular weight is 504 g/mol. The molecule has 2 heterocycles. The maximum Gasteiger partial charge on any atom is 0.414 e. The third kappa shape index (κ3) is 3.88. The van der Waals surface area contributed by atoms with E-state index >= 15 is 0 Å². The van der Waals surface area contributed by atoms with Crippen molar-refractivity contribution in [3.05, 3.63) is 57.3 Å². The number of sulfonamides is 1. The van der Waals surface area contributed by atoms with Crippen LogP contribution in [0.25, 0.3) is 0 Å². The maximum atomic E-state index is 13.3. The highest BCUT2D eigenvalue weighted by molar-refractivity contribution is 9.10. The smallest absolute Gasteiger partial charge is 0.414 e. The number of hydrogen-bond donors (Lipinski definition) is 0. The van der Waals surface area contributed by atoms with Crippen molar-refractivity contribution in [3.63, 3.8) is 0 Å². The van der Waals surface area contributed by atoms with Gasteiger partial charge in [0.05, 0.1) is 10.6 Å². The fourth-order valence-corrected chi connectivity index (χ4v) is 6.40. The third-order valence-corrected chi connectivity index (χ3v) is 8.26. The van der Waals surface area contributed by atoms with E-state index in [0.29, 0.717) is 17.9 Å². The Labute approximate surface area is 181 Å². The van der Waals surface area contributed by atoms with Crippen LogP contribution < -0.4 is 4.90 Å². The second-order valence-electron chi connectivity index (χ2n) is 6.91. The number of cyclic esters (lactones) is 1. The van der Waals surface area contributed by atoms with Crippen molar-refractivity contribution in [3.8, 4) is 0 Å². The molecule has 0 spiro atoms. The predicted octanol–water partition coefficient (Wildman–Crippen LogP) is 4.55. The molecular formula is C19H17BrClFN2O4S. The minimum atomic E-state index is -3.78. The molecule has 154 valence electrons. The van der Waals surface area contributed by atoms with E-state index in [1.807, 2.05) is 0 Å². The van der Waals surface area contributed by atoms with Crippen LogP contribution in [0.1, 0.15) is 18.4 Å². The van der Waals surface area contributed by atoms with E-state index in [-0.39, 0.29) is 35.1 Å². The molecule has 2 aromatic rings. The highest BCUT2D eigenvalue weighted by Crippen LogP contribution is 2.35. The number of anilines is 1. The number of rotatable bonds is 3. The number of amides is 1. The summed E-state index contributed by atoms with van der Waals surface area (Å²) in [5.74, 6) is -0.517. The lowest BCUT2D eigenvalue weighted by molar-refractivity contribution is 0.136. The molecule has 0 atom stereocenters. The molecule has 6 nitrogen and oxygen atoms in total. The molecule has 0 aliphatic carbocycles. The van der Waals surface area contributed by atoms with Gasteiger partial charge < -0.3 is 4.74 Å². The van der Waals surface area contributed by atoms with Gasteiger partial charge in [0.1, 0.15) is 12.4 Å². The van der Waals surface area contributed by atoms with Gasteiger partial charge in [0.15, 0.2) is 0 Å². The van der Waals surface area contributed by atoms with Gasteiger partial charge in [0.25, 0.3) is 0 Å². The van der Waals surface area contributed by atoms with Gasteiger partial charge in [-0.15, -0.1) is 0 Å². The molecule has 1 saturated heterocycles. The first-order valence-corrected chi connectivity index (χ1v) is 11.6. The van der Waals surface area contributed by atoms with Crippen LogP contribution in [0.4, 0.5) is 14.9 Å². The summed E-state index contributed by atoms with van der Waals surface area (Å²) in [7, 11) is -3.78. The predicted molar refractivity (Wildman–Crippen MR) is 110 cm³/mol. The number of carbonyl (C=O) groups excluding carboxylic acids is 1. The highest BCUT2D eigenvalue weighted by atomic mass is 79.9. The quantitative estimate of drug-likeness (QED) is 0.616. The molecule has 29 heavy (non-hydrogen) atoms. The lowest BCUT2D eigenvalue weighted by Gasteiger charge is -2.39. The summed E-state index contributed by atoms with van der Waals surface area (Å²) < 4.78 is 46.1. The molecule has 0 N–H and O–H groups in total. The van der Waals surface area contributed by atoms with Crippen molar-refractivity contribution < 1.29 is 22.3 Å². The zero-order valence-electron chi connectivity index (χ0n) is 15.1. The fraction of sp³-hybridized carbons (Fsp3) is 0.316. The van der Waals surface area contributed by atoms with Crippen LogP contribution in [0.2, 0.25) is 5.02 Å². The second-order valence-corrected chi connectivity index (χ2v) is 10.1. The van der Waals surface area contributed by atoms with Crippen LogP contribution in [0, 0.1) is 5.82 Å². The Morgan fingerprint density at radius 3 is 2.55 bits per heavy atom. The van der Waals surface area contributed by atoms with Crippen molar-refractivity contribution in [1.29, 1.82) is 0 Å². The summed E-state index contributed by atoms with van der Waals surface area (Å²) in [6.45, 7) is 0.643. The Bertz CT molecular complexity index is 1070. The Morgan fingerprint density at radius 2 is 1.86 bits per heavy atom. The maximum absolute atomic E-state index is 13.3. The summed E-state index contributed by atoms with van der Waals surface area (Å²) in [5, 5.41) is 0.562. The van der Waals surface area contributed by atoms with Crippen molar-refractivity contribution in [2.75, 3.05) is 18.0 Å². The molecule has 1 fully saturated rings. The van der Waals surface area contributed by atoms with Gasteiger partial charge in [-0.25, -0.2) is 17.6 Å².